The Bertz CT molecular complexity index is 999. The Labute approximate surface area is 339 Å². The maximum Gasteiger partial charge on any atom is 0.306 e. The number of hydrogen-bond donors (Lipinski definition) is 3. The molecule has 318 valence electrons. The van der Waals surface area contributed by atoms with Crippen molar-refractivity contribution in [2.75, 3.05) is 6.61 Å². The van der Waals surface area contributed by atoms with E-state index in [0.29, 0.717) is 19.3 Å². The van der Waals surface area contributed by atoms with Crippen LogP contribution in [-0.2, 0) is 14.3 Å². The topological polar surface area (TPSA) is 95.9 Å². The number of aliphatic hydroxyl groups is 2. The first kappa shape index (κ1) is 52.6. The molecule has 0 radical (unpaired) electrons. The molecular weight excluding hydrogens is 683 g/mol. The molecule has 3 unspecified atom stereocenters. The SMILES string of the molecule is CC/C=C/C=C/C=C\C=C/C=C/CCCC(CC(=O)NC(CO)C(O)CCCCCCCCCCCCCC)OC(=O)CCCCCCCCCCCCC. The van der Waals surface area contributed by atoms with Crippen LogP contribution in [-0.4, -0.2) is 46.9 Å². The zero-order valence-corrected chi connectivity index (χ0v) is 36.0. The zero-order valence-electron chi connectivity index (χ0n) is 36.0. The second-order valence-electron chi connectivity index (χ2n) is 15.6. The van der Waals surface area contributed by atoms with Crippen LogP contribution in [0.15, 0.2) is 60.8 Å². The summed E-state index contributed by atoms with van der Waals surface area (Å²) in [5.74, 6) is -0.547. The molecule has 0 aromatic carbocycles. The molecule has 0 saturated heterocycles. The number of aliphatic hydroxyl groups excluding tert-OH is 2. The second kappa shape index (κ2) is 42.7. The standard InChI is InChI=1S/C49H87NO5/c1-4-7-10-13-16-19-22-24-26-28-31-34-37-40-45(55-49(54)42-39-36-33-30-25-21-18-15-12-9-6-3)43-48(53)50-46(44-51)47(52)41-38-35-32-29-27-23-20-17-14-11-8-5-2/h7,10,13,16,19,22,24,26,28,31,45-47,51-52H,4-6,8-9,11-12,14-15,17-18,20-21,23,25,27,29-30,32-44H2,1-3H3,(H,50,53)/b10-7+,16-13+,22-19-,26-24-,31-28+. The summed E-state index contributed by atoms with van der Waals surface area (Å²) in [4.78, 5) is 26.0. The van der Waals surface area contributed by atoms with Crippen molar-refractivity contribution < 1.29 is 24.5 Å². The van der Waals surface area contributed by atoms with Crippen molar-refractivity contribution in [1.82, 2.24) is 5.32 Å². The van der Waals surface area contributed by atoms with E-state index in [1.807, 2.05) is 48.6 Å². The summed E-state index contributed by atoms with van der Waals surface area (Å²) in [6, 6.07) is -0.722. The summed E-state index contributed by atoms with van der Waals surface area (Å²) >= 11 is 0. The summed E-state index contributed by atoms with van der Waals surface area (Å²) in [6.07, 6.45) is 51.4. The van der Waals surface area contributed by atoms with Gasteiger partial charge in [-0.15, -0.1) is 0 Å². The molecule has 0 aliphatic carbocycles. The average molecular weight is 770 g/mol. The molecule has 3 N–H and O–H groups in total. The van der Waals surface area contributed by atoms with Crippen LogP contribution in [0.2, 0.25) is 0 Å². The van der Waals surface area contributed by atoms with Gasteiger partial charge in [0.05, 0.1) is 25.2 Å². The van der Waals surface area contributed by atoms with Gasteiger partial charge in [0.1, 0.15) is 6.10 Å². The van der Waals surface area contributed by atoms with Gasteiger partial charge in [-0.3, -0.25) is 9.59 Å². The second-order valence-corrected chi connectivity index (χ2v) is 15.6. The number of allylic oxidation sites excluding steroid dienone is 10. The lowest BCUT2D eigenvalue weighted by Gasteiger charge is -2.24. The third-order valence-corrected chi connectivity index (χ3v) is 10.2. The Hall–Kier alpha value is -2.44. The first-order chi connectivity index (χ1) is 27.0. The molecule has 6 heteroatoms. The molecule has 1 amide bonds. The highest BCUT2D eigenvalue weighted by atomic mass is 16.5. The predicted molar refractivity (Wildman–Crippen MR) is 236 cm³/mol. The molecule has 3 atom stereocenters. The van der Waals surface area contributed by atoms with E-state index >= 15 is 0 Å². The molecule has 0 spiro atoms. The summed E-state index contributed by atoms with van der Waals surface area (Å²) in [5.41, 5.74) is 0. The number of ether oxygens (including phenoxy) is 1. The lowest BCUT2D eigenvalue weighted by molar-refractivity contribution is -0.151. The number of amides is 1. The fourth-order valence-electron chi connectivity index (χ4n) is 6.75. The van der Waals surface area contributed by atoms with Crippen LogP contribution in [0, 0.1) is 0 Å². The van der Waals surface area contributed by atoms with E-state index in [4.69, 9.17) is 4.74 Å². The number of nitrogens with one attached hydrogen (secondary N) is 1. The Morgan fingerprint density at radius 2 is 0.982 bits per heavy atom. The van der Waals surface area contributed by atoms with Crippen LogP contribution in [0.4, 0.5) is 0 Å². The van der Waals surface area contributed by atoms with Crippen molar-refractivity contribution in [3.8, 4) is 0 Å². The third kappa shape index (κ3) is 38.2. The van der Waals surface area contributed by atoms with Crippen LogP contribution in [0.3, 0.4) is 0 Å². The van der Waals surface area contributed by atoms with E-state index < -0.39 is 18.2 Å². The Morgan fingerprint density at radius 1 is 0.545 bits per heavy atom. The molecule has 0 fully saturated rings. The fourth-order valence-corrected chi connectivity index (χ4v) is 6.75. The van der Waals surface area contributed by atoms with Gasteiger partial charge in [-0.25, -0.2) is 0 Å². The highest BCUT2D eigenvalue weighted by Crippen LogP contribution is 2.17. The molecule has 0 aliphatic heterocycles. The van der Waals surface area contributed by atoms with Crippen molar-refractivity contribution in [2.24, 2.45) is 0 Å². The summed E-state index contributed by atoms with van der Waals surface area (Å²) < 4.78 is 5.86. The van der Waals surface area contributed by atoms with E-state index in [1.54, 1.807) is 0 Å². The van der Waals surface area contributed by atoms with Gasteiger partial charge < -0.3 is 20.3 Å². The largest absolute Gasteiger partial charge is 0.462 e. The predicted octanol–water partition coefficient (Wildman–Crippen LogP) is 13.3. The number of carbonyl (C=O) groups excluding carboxylic acids is 2. The number of esters is 1. The summed E-state index contributed by atoms with van der Waals surface area (Å²) in [6.45, 7) is 6.29. The van der Waals surface area contributed by atoms with Gasteiger partial charge in [-0.2, -0.15) is 0 Å². The van der Waals surface area contributed by atoms with Gasteiger partial charge in [0.25, 0.3) is 0 Å². The van der Waals surface area contributed by atoms with Crippen molar-refractivity contribution in [3.63, 3.8) is 0 Å². The molecule has 6 nitrogen and oxygen atoms in total. The zero-order chi connectivity index (χ0) is 40.3. The van der Waals surface area contributed by atoms with E-state index in [0.717, 1.165) is 57.8 Å². The minimum absolute atomic E-state index is 0.0290. The Morgan fingerprint density at radius 3 is 1.45 bits per heavy atom. The monoisotopic (exact) mass is 770 g/mol. The molecule has 0 saturated carbocycles. The smallest absolute Gasteiger partial charge is 0.306 e. The van der Waals surface area contributed by atoms with Crippen molar-refractivity contribution in [3.05, 3.63) is 60.8 Å². The van der Waals surface area contributed by atoms with Gasteiger partial charge in [0.2, 0.25) is 5.91 Å². The Kier molecular flexibility index (Phi) is 40.8. The number of carbonyl (C=O) groups is 2. The van der Waals surface area contributed by atoms with E-state index in [-0.39, 0.29) is 24.9 Å². The van der Waals surface area contributed by atoms with Gasteiger partial charge in [0.15, 0.2) is 0 Å². The van der Waals surface area contributed by atoms with E-state index in [9.17, 15) is 19.8 Å². The van der Waals surface area contributed by atoms with E-state index in [1.165, 1.54) is 109 Å². The minimum atomic E-state index is -0.805. The summed E-state index contributed by atoms with van der Waals surface area (Å²) in [7, 11) is 0. The number of unbranched alkanes of at least 4 members (excludes halogenated alkanes) is 22. The van der Waals surface area contributed by atoms with Gasteiger partial charge >= 0.3 is 5.97 Å². The van der Waals surface area contributed by atoms with Crippen molar-refractivity contribution in [1.29, 1.82) is 0 Å². The van der Waals surface area contributed by atoms with Crippen LogP contribution >= 0.6 is 0 Å². The lowest BCUT2D eigenvalue weighted by atomic mass is 10.0. The lowest BCUT2D eigenvalue weighted by Crippen LogP contribution is -2.46. The number of hydrogen-bond acceptors (Lipinski definition) is 5. The maximum atomic E-state index is 13.1. The highest BCUT2D eigenvalue weighted by Gasteiger charge is 2.24. The number of rotatable bonds is 40. The van der Waals surface area contributed by atoms with E-state index in [2.05, 4.69) is 38.2 Å². The molecule has 55 heavy (non-hydrogen) atoms. The van der Waals surface area contributed by atoms with Crippen LogP contribution in [0.1, 0.15) is 213 Å². The molecule has 0 aromatic heterocycles. The summed E-state index contributed by atoms with van der Waals surface area (Å²) in [5, 5.41) is 23.6. The first-order valence-electron chi connectivity index (χ1n) is 23.1. The van der Waals surface area contributed by atoms with Gasteiger partial charge in [0, 0.05) is 6.42 Å². The van der Waals surface area contributed by atoms with Crippen molar-refractivity contribution >= 4 is 11.9 Å². The van der Waals surface area contributed by atoms with Crippen LogP contribution in [0.25, 0.3) is 0 Å². The minimum Gasteiger partial charge on any atom is -0.462 e. The molecule has 0 bridgehead atoms. The molecular formula is C49H87NO5. The molecule has 0 rings (SSSR count). The molecule has 0 aliphatic rings. The third-order valence-electron chi connectivity index (χ3n) is 10.2. The normalized spacial score (nSPS) is 13.9. The highest BCUT2D eigenvalue weighted by molar-refractivity contribution is 5.77. The fraction of sp³-hybridized carbons (Fsp3) is 0.755. The Balaban J connectivity index is 4.72. The maximum absolute atomic E-state index is 13.1. The molecule has 0 heterocycles. The quantitative estimate of drug-likeness (QED) is 0.0328. The van der Waals surface area contributed by atoms with Gasteiger partial charge in [-0.1, -0.05) is 223 Å². The average Bonchev–Trinajstić information content (AvgIpc) is 3.18. The van der Waals surface area contributed by atoms with Crippen molar-refractivity contribution in [2.45, 2.75) is 232 Å². The molecule has 0 aromatic rings. The van der Waals surface area contributed by atoms with Crippen LogP contribution in [0.5, 0.6) is 0 Å². The van der Waals surface area contributed by atoms with Crippen LogP contribution < -0.4 is 5.32 Å². The first-order valence-corrected chi connectivity index (χ1v) is 23.1. The van der Waals surface area contributed by atoms with Gasteiger partial charge in [-0.05, 0) is 38.5 Å².